The van der Waals surface area contributed by atoms with Crippen LogP contribution in [0.1, 0.15) is 5.69 Å². The molecular formula is C17H16FN3O2S. The zero-order chi connectivity index (χ0) is 16.9. The number of aromatic nitrogens is 1. The van der Waals surface area contributed by atoms with Crippen LogP contribution in [-0.4, -0.2) is 29.4 Å². The van der Waals surface area contributed by atoms with Crippen LogP contribution in [0.4, 0.5) is 10.1 Å². The third-order valence-corrected chi connectivity index (χ3v) is 4.10. The molecule has 3 rings (SSSR count). The van der Waals surface area contributed by atoms with Crippen LogP contribution in [0.2, 0.25) is 0 Å². The second-order valence-corrected chi connectivity index (χ2v) is 6.30. The third kappa shape index (κ3) is 4.27. The minimum atomic E-state index is -0.384. The van der Waals surface area contributed by atoms with Crippen molar-refractivity contribution < 1.29 is 13.6 Å². The Morgan fingerprint density at radius 1 is 1.38 bits per heavy atom. The van der Waals surface area contributed by atoms with E-state index in [0.29, 0.717) is 18.1 Å². The van der Waals surface area contributed by atoms with Crippen LogP contribution in [0.3, 0.4) is 0 Å². The molecule has 2 aromatic heterocycles. The minimum Gasteiger partial charge on any atom is -0.444 e. The fraction of sp³-hybridized carbons (Fsp3) is 0.176. The summed E-state index contributed by atoms with van der Waals surface area (Å²) in [5, 5.41) is 4.62. The van der Waals surface area contributed by atoms with Gasteiger partial charge in [0.25, 0.3) is 0 Å². The minimum absolute atomic E-state index is 0.164. The third-order valence-electron chi connectivity index (χ3n) is 3.24. The Hall–Kier alpha value is -2.51. The first-order valence-electron chi connectivity index (χ1n) is 7.32. The van der Waals surface area contributed by atoms with Crippen LogP contribution in [-0.2, 0) is 11.3 Å². The van der Waals surface area contributed by atoms with Crippen LogP contribution in [0, 0.1) is 5.82 Å². The molecule has 3 aromatic rings. The topological polar surface area (TPSA) is 58.4 Å². The van der Waals surface area contributed by atoms with Crippen LogP contribution < -0.4 is 5.32 Å². The summed E-state index contributed by atoms with van der Waals surface area (Å²) < 4.78 is 18.6. The molecule has 7 heteroatoms. The first kappa shape index (κ1) is 16.4. The van der Waals surface area contributed by atoms with Crippen molar-refractivity contribution in [1.82, 2.24) is 9.88 Å². The number of nitrogens with one attached hydrogen (secondary N) is 1. The largest absolute Gasteiger partial charge is 0.444 e. The summed E-state index contributed by atoms with van der Waals surface area (Å²) in [4.78, 5) is 19.2. The van der Waals surface area contributed by atoms with Crippen molar-refractivity contribution in [1.29, 1.82) is 0 Å². The maximum absolute atomic E-state index is 13.1. The van der Waals surface area contributed by atoms with Crippen molar-refractivity contribution in [3.05, 3.63) is 59.6 Å². The number of nitrogens with zero attached hydrogens (tertiary/aromatic N) is 2. The smallest absolute Gasteiger partial charge is 0.238 e. The monoisotopic (exact) mass is 345 g/mol. The normalized spacial score (nSPS) is 11.0. The van der Waals surface area contributed by atoms with Crippen LogP contribution in [0.25, 0.3) is 10.8 Å². The molecule has 0 saturated heterocycles. The van der Waals surface area contributed by atoms with Crippen molar-refractivity contribution in [3.8, 4) is 10.8 Å². The Bertz CT molecular complexity index is 817. The molecule has 124 valence electrons. The molecule has 0 aliphatic carbocycles. The molecule has 1 aromatic carbocycles. The average Bonchev–Trinajstić information content (AvgIpc) is 3.17. The lowest BCUT2D eigenvalue weighted by Gasteiger charge is -2.14. The summed E-state index contributed by atoms with van der Waals surface area (Å²) in [6.45, 7) is 0.642. The van der Waals surface area contributed by atoms with E-state index < -0.39 is 0 Å². The Morgan fingerprint density at radius 2 is 2.25 bits per heavy atom. The van der Waals surface area contributed by atoms with E-state index in [1.54, 1.807) is 29.7 Å². The number of thiophene rings is 1. The average molecular weight is 345 g/mol. The molecule has 0 saturated carbocycles. The van der Waals surface area contributed by atoms with Gasteiger partial charge in [-0.3, -0.25) is 9.69 Å². The first-order valence-corrected chi connectivity index (χ1v) is 8.20. The van der Waals surface area contributed by atoms with E-state index in [-0.39, 0.29) is 18.3 Å². The number of carbonyl (C=O) groups is 1. The molecule has 0 unspecified atom stereocenters. The summed E-state index contributed by atoms with van der Waals surface area (Å²) in [5.41, 5.74) is 1.19. The maximum Gasteiger partial charge on any atom is 0.238 e. The van der Waals surface area contributed by atoms with E-state index in [1.807, 2.05) is 29.5 Å². The van der Waals surface area contributed by atoms with E-state index >= 15 is 0 Å². The van der Waals surface area contributed by atoms with Crippen molar-refractivity contribution in [2.24, 2.45) is 0 Å². The van der Waals surface area contributed by atoms with Gasteiger partial charge < -0.3 is 9.73 Å². The lowest BCUT2D eigenvalue weighted by Crippen LogP contribution is -2.29. The zero-order valence-electron chi connectivity index (χ0n) is 13.0. The highest BCUT2D eigenvalue weighted by atomic mass is 32.1. The van der Waals surface area contributed by atoms with Gasteiger partial charge in [0.1, 0.15) is 12.1 Å². The SMILES string of the molecule is CN(CC(=O)Nc1cccc(F)c1)Cc1coc(-c2cccs2)n1. The van der Waals surface area contributed by atoms with E-state index in [4.69, 9.17) is 4.42 Å². The molecule has 1 N–H and O–H groups in total. The highest BCUT2D eigenvalue weighted by Gasteiger charge is 2.12. The fourth-order valence-electron chi connectivity index (χ4n) is 2.24. The lowest BCUT2D eigenvalue weighted by molar-refractivity contribution is -0.117. The highest BCUT2D eigenvalue weighted by Crippen LogP contribution is 2.23. The van der Waals surface area contributed by atoms with Gasteiger partial charge >= 0.3 is 0 Å². The van der Waals surface area contributed by atoms with Crippen LogP contribution in [0.5, 0.6) is 0 Å². The van der Waals surface area contributed by atoms with Gasteiger partial charge in [-0.05, 0) is 36.7 Å². The molecule has 0 radical (unpaired) electrons. The molecular weight excluding hydrogens is 329 g/mol. The molecule has 1 amide bonds. The van der Waals surface area contributed by atoms with Gasteiger partial charge in [-0.25, -0.2) is 9.37 Å². The van der Waals surface area contributed by atoms with Crippen molar-refractivity contribution in [2.75, 3.05) is 18.9 Å². The van der Waals surface area contributed by atoms with Crippen molar-refractivity contribution in [2.45, 2.75) is 6.54 Å². The van der Waals surface area contributed by atoms with Crippen molar-refractivity contribution in [3.63, 3.8) is 0 Å². The second kappa shape index (κ2) is 7.37. The molecule has 2 heterocycles. The number of halogens is 1. The molecule has 0 atom stereocenters. The first-order chi connectivity index (χ1) is 11.6. The van der Waals surface area contributed by atoms with Gasteiger partial charge in [0.2, 0.25) is 11.8 Å². The summed E-state index contributed by atoms with van der Waals surface area (Å²) in [6.07, 6.45) is 1.59. The van der Waals surface area contributed by atoms with Crippen LogP contribution >= 0.6 is 11.3 Å². The Balaban J connectivity index is 1.53. The quantitative estimate of drug-likeness (QED) is 0.741. The number of likely N-dealkylation sites (N-methyl/N-ethyl adjacent to an activating group) is 1. The maximum atomic E-state index is 13.1. The van der Waals surface area contributed by atoms with E-state index in [9.17, 15) is 9.18 Å². The summed E-state index contributed by atoms with van der Waals surface area (Å²) in [5.74, 6) is -0.0208. The standard InChI is InChI=1S/C17H16FN3O2S/c1-21(10-16(22)19-13-5-2-4-12(18)8-13)9-14-11-23-17(20-14)15-6-3-7-24-15/h2-8,11H,9-10H2,1H3,(H,19,22). The summed E-state index contributed by atoms with van der Waals surface area (Å²) in [6, 6.07) is 9.69. The number of rotatable bonds is 6. The number of carbonyl (C=O) groups excluding carboxylic acids is 1. The molecule has 0 spiro atoms. The van der Waals surface area contributed by atoms with Gasteiger partial charge in [0.15, 0.2) is 0 Å². The Kier molecular flexibility index (Phi) is 5.02. The number of amides is 1. The summed E-state index contributed by atoms with van der Waals surface area (Å²) in [7, 11) is 1.81. The number of hydrogen-bond donors (Lipinski definition) is 1. The highest BCUT2D eigenvalue weighted by molar-refractivity contribution is 7.13. The molecule has 0 aliphatic heterocycles. The van der Waals surface area contributed by atoms with Gasteiger partial charge in [0.05, 0.1) is 17.1 Å². The van der Waals surface area contributed by atoms with Gasteiger partial charge in [0, 0.05) is 12.2 Å². The van der Waals surface area contributed by atoms with Gasteiger partial charge in [-0.15, -0.1) is 11.3 Å². The molecule has 0 fully saturated rings. The molecule has 24 heavy (non-hydrogen) atoms. The molecule has 0 aliphatic rings. The van der Waals surface area contributed by atoms with E-state index in [0.717, 1.165) is 10.6 Å². The predicted molar refractivity (Wildman–Crippen MR) is 91.2 cm³/mol. The van der Waals surface area contributed by atoms with Crippen molar-refractivity contribution >= 4 is 22.9 Å². The predicted octanol–water partition coefficient (Wildman–Crippen LogP) is 3.61. The van der Waals surface area contributed by atoms with Gasteiger partial charge in [-0.1, -0.05) is 12.1 Å². The van der Waals surface area contributed by atoms with E-state index in [2.05, 4.69) is 10.3 Å². The number of hydrogen-bond acceptors (Lipinski definition) is 5. The van der Waals surface area contributed by atoms with E-state index in [1.165, 1.54) is 12.1 Å². The Labute approximate surface area is 142 Å². The molecule has 5 nitrogen and oxygen atoms in total. The summed E-state index contributed by atoms with van der Waals surface area (Å²) >= 11 is 1.56. The fourth-order valence-corrected chi connectivity index (χ4v) is 2.89. The van der Waals surface area contributed by atoms with Crippen LogP contribution in [0.15, 0.2) is 52.5 Å². The number of oxazole rings is 1. The van der Waals surface area contributed by atoms with Gasteiger partial charge in [-0.2, -0.15) is 0 Å². The zero-order valence-corrected chi connectivity index (χ0v) is 13.8. The number of anilines is 1. The second-order valence-electron chi connectivity index (χ2n) is 5.35. The lowest BCUT2D eigenvalue weighted by atomic mass is 10.3. The Morgan fingerprint density at radius 3 is 3.00 bits per heavy atom. The molecule has 0 bridgehead atoms. The number of benzene rings is 1.